The first-order valence-corrected chi connectivity index (χ1v) is 18.6. The average Bonchev–Trinajstić information content (AvgIpc) is 3.79. The summed E-state index contributed by atoms with van der Waals surface area (Å²) in [5, 5.41) is 0. The Bertz CT molecular complexity index is 2470. The molecule has 10 rings (SSSR count). The Hall–Kier alpha value is -6.19. The molecule has 0 atom stereocenters. The van der Waals surface area contributed by atoms with Gasteiger partial charge < -0.3 is 9.80 Å². The Balaban J connectivity index is 1.31. The highest BCUT2D eigenvalue weighted by atomic mass is 15.3. The van der Waals surface area contributed by atoms with E-state index in [0.29, 0.717) is 0 Å². The van der Waals surface area contributed by atoms with E-state index in [4.69, 9.17) is 4.98 Å². The molecule has 3 nitrogen and oxygen atoms in total. The van der Waals surface area contributed by atoms with Crippen LogP contribution in [-0.4, -0.2) is 23.6 Å². The van der Waals surface area contributed by atoms with Crippen molar-refractivity contribution in [3.63, 3.8) is 0 Å². The molecule has 0 fully saturated rings. The summed E-state index contributed by atoms with van der Waals surface area (Å²) in [6, 6.07) is 61.3. The Kier molecular flexibility index (Phi) is 6.94. The molecule has 1 aromatic heterocycles. The van der Waals surface area contributed by atoms with E-state index in [1.54, 1.807) is 0 Å². The molecule has 0 radical (unpaired) electrons. The molecular formula is C50H41N3. The first-order chi connectivity index (χ1) is 25.9. The fourth-order valence-electron chi connectivity index (χ4n) is 9.94. The van der Waals surface area contributed by atoms with Crippen molar-refractivity contribution in [2.24, 2.45) is 0 Å². The Morgan fingerprint density at radius 1 is 0.472 bits per heavy atom. The van der Waals surface area contributed by atoms with Crippen LogP contribution in [0.25, 0.3) is 11.1 Å². The summed E-state index contributed by atoms with van der Waals surface area (Å²) in [5.74, 6) is 0. The molecule has 0 amide bonds. The summed E-state index contributed by atoms with van der Waals surface area (Å²) in [5.41, 5.74) is 14.9. The number of aromatic nitrogens is 1. The zero-order chi connectivity index (χ0) is 35.8. The van der Waals surface area contributed by atoms with Crippen molar-refractivity contribution in [3.05, 3.63) is 238 Å². The van der Waals surface area contributed by atoms with Crippen LogP contribution >= 0.6 is 0 Å². The molecule has 0 saturated heterocycles. The number of hydrogen-bond acceptors (Lipinski definition) is 3. The van der Waals surface area contributed by atoms with Gasteiger partial charge in [0, 0.05) is 36.7 Å². The molecule has 0 N–H and O–H groups in total. The molecule has 0 unspecified atom stereocenters. The predicted molar refractivity (Wildman–Crippen MR) is 216 cm³/mol. The molecule has 3 aliphatic rings. The Morgan fingerprint density at radius 3 is 1.55 bits per heavy atom. The highest BCUT2D eigenvalue weighted by Gasteiger charge is 2.51. The largest absolute Gasteiger partial charge is 0.361 e. The highest BCUT2D eigenvalue weighted by Crippen LogP contribution is 2.59. The Labute approximate surface area is 312 Å². The molecule has 6 aromatic carbocycles. The van der Waals surface area contributed by atoms with Crippen LogP contribution in [-0.2, 0) is 16.2 Å². The predicted octanol–water partition coefficient (Wildman–Crippen LogP) is 10.6. The maximum atomic E-state index is 5.22. The van der Waals surface area contributed by atoms with Crippen LogP contribution in [0, 0.1) is 0 Å². The summed E-state index contributed by atoms with van der Waals surface area (Å²) in [6.07, 6.45) is 6.27. The quantitative estimate of drug-likeness (QED) is 0.180. The lowest BCUT2D eigenvalue weighted by atomic mass is 9.55. The molecule has 256 valence electrons. The number of benzene rings is 6. The molecule has 3 heteroatoms. The van der Waals surface area contributed by atoms with Crippen LogP contribution in [0.1, 0.15) is 69.6 Å². The van der Waals surface area contributed by atoms with Gasteiger partial charge in [-0.05, 0) is 85.5 Å². The van der Waals surface area contributed by atoms with Gasteiger partial charge in [-0.1, -0.05) is 153 Å². The number of rotatable bonds is 5. The minimum absolute atomic E-state index is 0.188. The van der Waals surface area contributed by atoms with Gasteiger partial charge in [-0.3, -0.25) is 4.98 Å². The van der Waals surface area contributed by atoms with E-state index in [0.717, 1.165) is 12.4 Å². The topological polar surface area (TPSA) is 19.4 Å². The third-order valence-corrected chi connectivity index (χ3v) is 12.2. The molecule has 1 aliphatic heterocycles. The lowest BCUT2D eigenvalue weighted by Crippen LogP contribution is -2.42. The van der Waals surface area contributed by atoms with Gasteiger partial charge in [0.05, 0.1) is 23.2 Å². The Morgan fingerprint density at radius 2 is 0.981 bits per heavy atom. The molecular weight excluding hydrogens is 643 g/mol. The van der Waals surface area contributed by atoms with Gasteiger partial charge in [0.25, 0.3) is 0 Å². The summed E-state index contributed by atoms with van der Waals surface area (Å²) in [6.45, 7) is 5.55. The van der Waals surface area contributed by atoms with E-state index in [2.05, 4.69) is 201 Å². The van der Waals surface area contributed by atoms with Crippen molar-refractivity contribution >= 4 is 5.69 Å². The van der Waals surface area contributed by atoms with Gasteiger partial charge in [-0.25, -0.2) is 0 Å². The molecule has 2 heterocycles. The summed E-state index contributed by atoms with van der Waals surface area (Å²) < 4.78 is 0. The van der Waals surface area contributed by atoms with Crippen molar-refractivity contribution in [3.8, 4) is 11.1 Å². The van der Waals surface area contributed by atoms with Gasteiger partial charge in [0.1, 0.15) is 0 Å². The summed E-state index contributed by atoms with van der Waals surface area (Å²) in [4.78, 5) is 9.76. The van der Waals surface area contributed by atoms with Gasteiger partial charge in [0.15, 0.2) is 0 Å². The molecule has 0 saturated carbocycles. The van der Waals surface area contributed by atoms with E-state index >= 15 is 0 Å². The second kappa shape index (κ2) is 11.7. The van der Waals surface area contributed by atoms with Crippen molar-refractivity contribution in [2.45, 2.75) is 30.1 Å². The fraction of sp³-hybridized carbons (Fsp3) is 0.140. The van der Waals surface area contributed by atoms with E-state index in [9.17, 15) is 0 Å². The maximum Gasteiger partial charge on any atom is 0.0938 e. The van der Waals surface area contributed by atoms with E-state index in [-0.39, 0.29) is 5.41 Å². The van der Waals surface area contributed by atoms with Crippen molar-refractivity contribution in [1.82, 2.24) is 9.88 Å². The van der Waals surface area contributed by atoms with E-state index in [1.807, 2.05) is 12.3 Å². The monoisotopic (exact) mass is 683 g/mol. The van der Waals surface area contributed by atoms with Crippen LogP contribution < -0.4 is 4.90 Å². The van der Waals surface area contributed by atoms with Gasteiger partial charge in [-0.15, -0.1) is 0 Å². The zero-order valence-corrected chi connectivity index (χ0v) is 30.4. The standard InChI is InChI=1S/C50H41N3/c1-48(2)43-24-8-10-26-45(43)50(47-28-12-13-29-51-47,46-27-11-9-25-44(46)48)36-17-14-16-35(32-36)49(37-18-15-19-38(33-37)53-31-30-52(3)34-53)41-22-6-4-20-39(41)40-21-5-7-23-42(40)49/h4-33H,34H2,1-3H3. The zero-order valence-electron chi connectivity index (χ0n) is 30.4. The SMILES string of the molecule is CN1C=CN(c2cccc(C3(c4cccc(C5(c6ccccn6)c6ccccc6C(C)(C)c6ccccc65)c4)c4ccccc4-c4ccccc43)c2)C1. The second-order valence-corrected chi connectivity index (χ2v) is 15.3. The first kappa shape index (κ1) is 31.5. The van der Waals surface area contributed by atoms with Crippen LogP contribution in [0.5, 0.6) is 0 Å². The van der Waals surface area contributed by atoms with Gasteiger partial charge >= 0.3 is 0 Å². The smallest absolute Gasteiger partial charge is 0.0938 e. The lowest BCUT2D eigenvalue weighted by Gasteiger charge is -2.47. The number of fused-ring (bicyclic) bond motifs is 5. The summed E-state index contributed by atoms with van der Waals surface area (Å²) >= 11 is 0. The van der Waals surface area contributed by atoms with E-state index in [1.165, 1.54) is 66.9 Å². The minimum atomic E-state index is -0.647. The third-order valence-electron chi connectivity index (χ3n) is 12.2. The van der Waals surface area contributed by atoms with Crippen molar-refractivity contribution in [2.75, 3.05) is 18.6 Å². The van der Waals surface area contributed by atoms with Crippen LogP contribution in [0.3, 0.4) is 0 Å². The molecule has 7 aromatic rings. The maximum absolute atomic E-state index is 5.22. The molecule has 0 spiro atoms. The first-order valence-electron chi connectivity index (χ1n) is 18.6. The second-order valence-electron chi connectivity index (χ2n) is 15.3. The highest BCUT2D eigenvalue weighted by molar-refractivity contribution is 5.87. The summed E-state index contributed by atoms with van der Waals surface area (Å²) in [7, 11) is 2.12. The van der Waals surface area contributed by atoms with E-state index < -0.39 is 10.8 Å². The number of nitrogens with zero attached hydrogens (tertiary/aromatic N) is 3. The van der Waals surface area contributed by atoms with Crippen molar-refractivity contribution in [1.29, 1.82) is 0 Å². The lowest BCUT2D eigenvalue weighted by molar-refractivity contribution is 0.495. The number of hydrogen-bond donors (Lipinski definition) is 0. The molecule has 2 aliphatic carbocycles. The normalized spacial score (nSPS) is 16.8. The van der Waals surface area contributed by atoms with Crippen molar-refractivity contribution < 1.29 is 0 Å². The number of anilines is 1. The van der Waals surface area contributed by atoms with Crippen LogP contribution in [0.2, 0.25) is 0 Å². The van der Waals surface area contributed by atoms with Gasteiger partial charge in [0.2, 0.25) is 0 Å². The average molecular weight is 684 g/mol. The number of pyridine rings is 1. The minimum Gasteiger partial charge on any atom is -0.361 e. The van der Waals surface area contributed by atoms with Gasteiger partial charge in [-0.2, -0.15) is 0 Å². The molecule has 53 heavy (non-hydrogen) atoms. The fourth-order valence-corrected chi connectivity index (χ4v) is 9.94. The molecule has 0 bridgehead atoms. The third kappa shape index (κ3) is 4.31. The van der Waals surface area contributed by atoms with Crippen LogP contribution in [0.15, 0.2) is 182 Å². The van der Waals surface area contributed by atoms with Crippen LogP contribution in [0.4, 0.5) is 5.69 Å².